The first-order valence-electron chi connectivity index (χ1n) is 12.5. The van der Waals surface area contributed by atoms with Crippen LogP contribution < -0.4 is 10.9 Å². The molecule has 7 rings (SSSR count). The van der Waals surface area contributed by atoms with Crippen molar-refractivity contribution in [3.8, 4) is 11.1 Å². The van der Waals surface area contributed by atoms with Gasteiger partial charge in [0.1, 0.15) is 11.2 Å². The predicted molar refractivity (Wildman–Crippen MR) is 154 cm³/mol. The Morgan fingerprint density at radius 2 is 1.27 bits per heavy atom. The second-order valence-corrected chi connectivity index (χ2v) is 11.9. The summed E-state index contributed by atoms with van der Waals surface area (Å²) in [5.74, 6) is 0. The lowest BCUT2D eigenvalue weighted by Gasteiger charge is -2.32. The largest absolute Gasteiger partial charge is 0.494 e. The van der Waals surface area contributed by atoms with Gasteiger partial charge < -0.3 is 13.7 Å². The molecule has 4 nitrogen and oxygen atoms in total. The van der Waals surface area contributed by atoms with Gasteiger partial charge in [0, 0.05) is 20.2 Å². The van der Waals surface area contributed by atoms with Crippen molar-refractivity contribution in [2.75, 3.05) is 0 Å². The quantitative estimate of drug-likeness (QED) is 0.184. The number of hydrogen-bond acceptors (Lipinski definition) is 5. The Kier molecular flexibility index (Phi) is 4.78. The van der Waals surface area contributed by atoms with Crippen LogP contribution in [0.5, 0.6) is 0 Å². The van der Waals surface area contributed by atoms with Gasteiger partial charge in [-0.15, -0.1) is 11.3 Å². The molecule has 0 aliphatic carbocycles. The molecule has 1 aliphatic heterocycles. The lowest BCUT2D eigenvalue weighted by atomic mass is 9.79. The fourth-order valence-corrected chi connectivity index (χ4v) is 6.28. The summed E-state index contributed by atoms with van der Waals surface area (Å²) in [7, 11) is -0.379. The number of rotatable bonds is 2. The van der Waals surface area contributed by atoms with Gasteiger partial charge in [-0.1, -0.05) is 42.5 Å². The molecule has 1 aliphatic rings. The first-order valence-corrected chi connectivity index (χ1v) is 13.3. The van der Waals surface area contributed by atoms with E-state index in [1.807, 2.05) is 42.5 Å². The Labute approximate surface area is 218 Å². The van der Waals surface area contributed by atoms with Crippen molar-refractivity contribution in [2.24, 2.45) is 0 Å². The summed E-state index contributed by atoms with van der Waals surface area (Å²) in [6, 6.07) is 26.2. The molecule has 3 heterocycles. The van der Waals surface area contributed by atoms with Gasteiger partial charge in [-0.3, -0.25) is 4.79 Å². The van der Waals surface area contributed by atoms with E-state index < -0.39 is 0 Å². The maximum Gasteiger partial charge on any atom is 0.494 e. The van der Waals surface area contributed by atoms with Crippen LogP contribution in [0.15, 0.2) is 88.1 Å². The molecular formula is C31H25BO4S. The molecule has 0 radical (unpaired) electrons. The van der Waals surface area contributed by atoms with E-state index in [4.69, 9.17) is 13.7 Å². The summed E-state index contributed by atoms with van der Waals surface area (Å²) in [5.41, 5.74) is 3.57. The summed E-state index contributed by atoms with van der Waals surface area (Å²) in [6.07, 6.45) is 0. The van der Waals surface area contributed by atoms with Gasteiger partial charge in [0.2, 0.25) is 5.43 Å². The van der Waals surface area contributed by atoms with Crippen molar-refractivity contribution in [2.45, 2.75) is 38.9 Å². The fraction of sp³-hybridized carbons (Fsp3) is 0.194. The first-order chi connectivity index (χ1) is 17.7. The number of hydrogen-bond donors (Lipinski definition) is 0. The van der Waals surface area contributed by atoms with Crippen LogP contribution in [0.3, 0.4) is 0 Å². The fourth-order valence-electron chi connectivity index (χ4n) is 5.08. The molecule has 0 bridgehead atoms. The van der Waals surface area contributed by atoms with Crippen molar-refractivity contribution < 1.29 is 13.7 Å². The van der Waals surface area contributed by atoms with E-state index in [0.717, 1.165) is 16.6 Å². The van der Waals surface area contributed by atoms with Crippen LogP contribution in [0.1, 0.15) is 27.7 Å². The van der Waals surface area contributed by atoms with Crippen molar-refractivity contribution in [1.29, 1.82) is 0 Å². The standard InChI is InChI=1S/C31H25BO4S/c1-30(2)31(3,4)36-32(35-30)20-11-13-22-21-12-9-19(16-27(21)37-28(22)17-20)18-10-14-26-24(15-18)29(33)23-7-5-6-8-25(23)34-26/h5-17H,1-4H3. The highest BCUT2D eigenvalue weighted by molar-refractivity contribution is 7.26. The van der Waals surface area contributed by atoms with E-state index in [2.05, 4.69) is 64.1 Å². The zero-order valence-electron chi connectivity index (χ0n) is 21.1. The summed E-state index contributed by atoms with van der Waals surface area (Å²) >= 11 is 1.76. The van der Waals surface area contributed by atoms with Crippen molar-refractivity contribution in [3.63, 3.8) is 0 Å². The third-order valence-corrected chi connectivity index (χ3v) is 9.05. The van der Waals surface area contributed by atoms with Crippen LogP contribution in [-0.4, -0.2) is 18.3 Å². The zero-order chi connectivity index (χ0) is 25.5. The molecule has 37 heavy (non-hydrogen) atoms. The van der Waals surface area contributed by atoms with Gasteiger partial charge in [0.05, 0.1) is 22.0 Å². The lowest BCUT2D eigenvalue weighted by molar-refractivity contribution is 0.00578. The lowest BCUT2D eigenvalue weighted by Crippen LogP contribution is -2.41. The van der Waals surface area contributed by atoms with Crippen molar-refractivity contribution in [1.82, 2.24) is 0 Å². The summed E-state index contributed by atoms with van der Waals surface area (Å²) in [5, 5.41) is 3.64. The molecule has 0 spiro atoms. The molecule has 0 saturated carbocycles. The monoisotopic (exact) mass is 504 g/mol. The molecule has 6 aromatic rings. The van der Waals surface area contributed by atoms with Crippen LogP contribution in [0.25, 0.3) is 53.2 Å². The van der Waals surface area contributed by atoms with Gasteiger partial charge in [0.25, 0.3) is 0 Å². The van der Waals surface area contributed by atoms with Crippen molar-refractivity contribution in [3.05, 3.63) is 89.1 Å². The molecule has 0 atom stereocenters. The molecule has 4 aromatic carbocycles. The van der Waals surface area contributed by atoms with Gasteiger partial charge in [-0.25, -0.2) is 0 Å². The number of fused-ring (bicyclic) bond motifs is 5. The second-order valence-electron chi connectivity index (χ2n) is 10.8. The van der Waals surface area contributed by atoms with E-state index in [-0.39, 0.29) is 23.7 Å². The average Bonchev–Trinajstić information content (AvgIpc) is 3.35. The topological polar surface area (TPSA) is 48.7 Å². The Morgan fingerprint density at radius 3 is 2.05 bits per heavy atom. The predicted octanol–water partition coefficient (Wildman–Crippen LogP) is 7.28. The maximum absolute atomic E-state index is 13.1. The molecule has 1 fully saturated rings. The Bertz CT molecular complexity index is 1920. The van der Waals surface area contributed by atoms with E-state index >= 15 is 0 Å². The maximum atomic E-state index is 13.1. The highest BCUT2D eigenvalue weighted by Gasteiger charge is 2.51. The Balaban J connectivity index is 1.30. The van der Waals surface area contributed by atoms with Gasteiger partial charge in [-0.2, -0.15) is 0 Å². The van der Waals surface area contributed by atoms with Gasteiger partial charge in [0.15, 0.2) is 0 Å². The van der Waals surface area contributed by atoms with E-state index in [9.17, 15) is 4.79 Å². The van der Waals surface area contributed by atoms with Crippen LogP contribution in [0.4, 0.5) is 0 Å². The minimum Gasteiger partial charge on any atom is -0.456 e. The molecule has 0 amide bonds. The smallest absolute Gasteiger partial charge is 0.456 e. The minimum absolute atomic E-state index is 0.00289. The molecule has 0 N–H and O–H groups in total. The van der Waals surface area contributed by atoms with Crippen molar-refractivity contribution >= 4 is 66.0 Å². The average molecular weight is 504 g/mol. The highest BCUT2D eigenvalue weighted by atomic mass is 32.1. The van der Waals surface area contributed by atoms with Crippen LogP contribution >= 0.6 is 11.3 Å². The normalized spacial score (nSPS) is 16.9. The number of benzene rings is 4. The molecule has 6 heteroatoms. The van der Waals surface area contributed by atoms with Crippen LogP contribution in [0.2, 0.25) is 0 Å². The summed E-state index contributed by atoms with van der Waals surface area (Å²) in [4.78, 5) is 13.1. The molecule has 0 unspecified atom stereocenters. The molecular weight excluding hydrogens is 479 g/mol. The van der Waals surface area contributed by atoms with E-state index in [0.29, 0.717) is 21.9 Å². The first kappa shape index (κ1) is 22.7. The highest BCUT2D eigenvalue weighted by Crippen LogP contribution is 2.39. The molecule has 2 aromatic heterocycles. The minimum atomic E-state index is -0.379. The van der Waals surface area contributed by atoms with Crippen LogP contribution in [0, 0.1) is 0 Å². The second kappa shape index (κ2) is 7.78. The molecule has 182 valence electrons. The third kappa shape index (κ3) is 3.47. The summed E-state index contributed by atoms with van der Waals surface area (Å²) < 4.78 is 20.9. The van der Waals surface area contributed by atoms with Gasteiger partial charge >= 0.3 is 7.12 Å². The Hall–Kier alpha value is -3.45. The summed E-state index contributed by atoms with van der Waals surface area (Å²) in [6.45, 7) is 8.30. The molecule has 1 saturated heterocycles. The van der Waals surface area contributed by atoms with Gasteiger partial charge in [-0.05, 0) is 80.7 Å². The Morgan fingerprint density at radius 1 is 0.649 bits per heavy atom. The SMILES string of the molecule is CC1(C)OB(c2ccc3c(c2)sc2cc(-c4ccc5oc6ccccc6c(=O)c5c4)ccc23)OC1(C)C. The zero-order valence-corrected chi connectivity index (χ0v) is 21.9. The van der Waals surface area contributed by atoms with Crippen LogP contribution in [-0.2, 0) is 9.31 Å². The number of para-hydroxylation sites is 1. The third-order valence-electron chi connectivity index (χ3n) is 7.93. The van der Waals surface area contributed by atoms with E-state index in [1.165, 1.54) is 20.2 Å². The van der Waals surface area contributed by atoms with E-state index in [1.54, 1.807) is 11.3 Å². The number of thiophene rings is 1.